The maximum absolute atomic E-state index is 12.6. The highest BCUT2D eigenvalue weighted by Crippen LogP contribution is 2.25. The van der Waals surface area contributed by atoms with Gasteiger partial charge < -0.3 is 4.90 Å². The Morgan fingerprint density at radius 1 is 1.00 bits per heavy atom. The molecule has 0 atom stereocenters. The summed E-state index contributed by atoms with van der Waals surface area (Å²) in [4.78, 5) is 15.5. The molecule has 0 fully saturated rings. The molecule has 140 valence electrons. The van der Waals surface area contributed by atoms with Crippen molar-refractivity contribution in [3.63, 3.8) is 0 Å². The molecule has 2 heterocycles. The SMILES string of the molecule is CN(Cc1cn(-c2ccccc2)nc1-c1ccccc1)C(=O)Cc1cccs1. The first-order valence-corrected chi connectivity index (χ1v) is 10.0. The van der Waals surface area contributed by atoms with E-state index in [1.807, 2.05) is 84.0 Å². The second kappa shape index (κ2) is 8.23. The van der Waals surface area contributed by atoms with Crippen LogP contribution in [-0.2, 0) is 17.8 Å². The van der Waals surface area contributed by atoms with Gasteiger partial charge in [-0.25, -0.2) is 4.68 Å². The minimum absolute atomic E-state index is 0.105. The average molecular weight is 388 g/mol. The quantitative estimate of drug-likeness (QED) is 0.476. The molecule has 0 spiro atoms. The molecule has 0 bridgehead atoms. The summed E-state index contributed by atoms with van der Waals surface area (Å²) in [6, 6.07) is 24.1. The number of hydrogen-bond acceptors (Lipinski definition) is 3. The van der Waals surface area contributed by atoms with Crippen molar-refractivity contribution in [1.29, 1.82) is 0 Å². The second-order valence-corrected chi connectivity index (χ2v) is 7.69. The minimum Gasteiger partial charge on any atom is -0.341 e. The number of aromatic nitrogens is 2. The first-order chi connectivity index (χ1) is 13.7. The fourth-order valence-corrected chi connectivity index (χ4v) is 3.81. The Bertz CT molecular complexity index is 1040. The smallest absolute Gasteiger partial charge is 0.227 e. The summed E-state index contributed by atoms with van der Waals surface area (Å²) < 4.78 is 1.88. The summed E-state index contributed by atoms with van der Waals surface area (Å²) >= 11 is 1.61. The van der Waals surface area contributed by atoms with Crippen LogP contribution in [0.2, 0.25) is 0 Å². The Labute approximate surface area is 168 Å². The lowest BCUT2D eigenvalue weighted by molar-refractivity contribution is -0.129. The number of thiophene rings is 1. The zero-order valence-corrected chi connectivity index (χ0v) is 16.5. The van der Waals surface area contributed by atoms with Gasteiger partial charge in [0.2, 0.25) is 5.91 Å². The third kappa shape index (κ3) is 4.05. The molecule has 0 aliphatic heterocycles. The van der Waals surface area contributed by atoms with E-state index >= 15 is 0 Å². The molecule has 0 saturated carbocycles. The van der Waals surface area contributed by atoms with E-state index in [1.165, 1.54) is 0 Å². The number of para-hydroxylation sites is 1. The Morgan fingerprint density at radius 3 is 2.39 bits per heavy atom. The lowest BCUT2D eigenvalue weighted by Gasteiger charge is -2.16. The van der Waals surface area contributed by atoms with Gasteiger partial charge in [0.05, 0.1) is 17.8 Å². The van der Waals surface area contributed by atoms with Crippen LogP contribution >= 0.6 is 11.3 Å². The van der Waals surface area contributed by atoms with E-state index in [4.69, 9.17) is 5.10 Å². The van der Waals surface area contributed by atoms with Crippen molar-refractivity contribution in [2.24, 2.45) is 0 Å². The van der Waals surface area contributed by atoms with E-state index in [-0.39, 0.29) is 5.91 Å². The number of nitrogens with zero attached hydrogens (tertiary/aromatic N) is 3. The van der Waals surface area contributed by atoms with E-state index < -0.39 is 0 Å². The van der Waals surface area contributed by atoms with Crippen molar-refractivity contribution in [3.8, 4) is 16.9 Å². The highest BCUT2D eigenvalue weighted by atomic mass is 32.1. The normalized spacial score (nSPS) is 10.8. The van der Waals surface area contributed by atoms with Crippen LogP contribution in [0.15, 0.2) is 84.4 Å². The van der Waals surface area contributed by atoms with Crippen LogP contribution in [0.4, 0.5) is 0 Å². The van der Waals surface area contributed by atoms with Crippen molar-refractivity contribution in [3.05, 3.63) is 94.8 Å². The summed E-state index contributed by atoms with van der Waals surface area (Å²) in [7, 11) is 1.85. The van der Waals surface area contributed by atoms with Gasteiger partial charge in [-0.15, -0.1) is 11.3 Å². The minimum atomic E-state index is 0.105. The van der Waals surface area contributed by atoms with E-state index in [2.05, 4.69) is 12.1 Å². The fourth-order valence-electron chi connectivity index (χ4n) is 3.12. The average Bonchev–Trinajstić information content (AvgIpc) is 3.39. The van der Waals surface area contributed by atoms with Crippen molar-refractivity contribution < 1.29 is 4.79 Å². The summed E-state index contributed by atoms with van der Waals surface area (Å²) in [5, 5.41) is 6.82. The number of carbonyl (C=O) groups excluding carboxylic acids is 1. The van der Waals surface area contributed by atoms with Crippen molar-refractivity contribution in [1.82, 2.24) is 14.7 Å². The number of hydrogen-bond donors (Lipinski definition) is 0. The lowest BCUT2D eigenvalue weighted by atomic mass is 10.1. The van der Waals surface area contributed by atoms with Gasteiger partial charge in [0.1, 0.15) is 0 Å². The highest BCUT2D eigenvalue weighted by Gasteiger charge is 2.17. The summed E-state index contributed by atoms with van der Waals surface area (Å²) in [6.45, 7) is 0.515. The van der Waals surface area contributed by atoms with E-state index in [1.54, 1.807) is 16.2 Å². The number of rotatable bonds is 6. The largest absolute Gasteiger partial charge is 0.341 e. The van der Waals surface area contributed by atoms with E-state index in [0.717, 1.165) is 27.4 Å². The molecule has 4 aromatic rings. The zero-order chi connectivity index (χ0) is 19.3. The Kier molecular flexibility index (Phi) is 5.35. The summed E-state index contributed by atoms with van der Waals surface area (Å²) in [6.07, 6.45) is 2.45. The van der Waals surface area contributed by atoms with Gasteiger partial charge in [-0.3, -0.25) is 4.79 Å². The van der Waals surface area contributed by atoms with Gasteiger partial charge in [0.15, 0.2) is 0 Å². The van der Waals surface area contributed by atoms with E-state index in [9.17, 15) is 4.79 Å². The van der Waals surface area contributed by atoms with Crippen LogP contribution < -0.4 is 0 Å². The number of carbonyl (C=O) groups is 1. The van der Waals surface area contributed by atoms with Gasteiger partial charge in [0.25, 0.3) is 0 Å². The maximum atomic E-state index is 12.6. The summed E-state index contributed by atoms with van der Waals surface area (Å²) in [5.41, 5.74) is 3.97. The molecule has 0 unspecified atom stereocenters. The highest BCUT2D eigenvalue weighted by molar-refractivity contribution is 7.10. The number of benzene rings is 2. The topological polar surface area (TPSA) is 38.1 Å². The molecular weight excluding hydrogens is 366 g/mol. The van der Waals surface area contributed by atoms with Gasteiger partial charge in [0, 0.05) is 35.8 Å². The molecule has 0 N–H and O–H groups in total. The van der Waals surface area contributed by atoms with E-state index in [0.29, 0.717) is 13.0 Å². The van der Waals surface area contributed by atoms with Crippen molar-refractivity contribution in [2.45, 2.75) is 13.0 Å². The lowest BCUT2D eigenvalue weighted by Crippen LogP contribution is -2.27. The molecule has 4 nitrogen and oxygen atoms in total. The third-order valence-corrected chi connectivity index (χ3v) is 5.47. The Morgan fingerprint density at radius 2 is 1.71 bits per heavy atom. The predicted molar refractivity (Wildman–Crippen MR) is 113 cm³/mol. The molecule has 5 heteroatoms. The molecule has 0 aliphatic carbocycles. The van der Waals surface area contributed by atoms with Gasteiger partial charge in [-0.05, 0) is 23.6 Å². The van der Waals surface area contributed by atoms with Crippen molar-refractivity contribution in [2.75, 3.05) is 7.05 Å². The molecule has 2 aromatic carbocycles. The molecular formula is C23H21N3OS. The first-order valence-electron chi connectivity index (χ1n) is 9.16. The molecule has 2 aromatic heterocycles. The molecule has 0 aliphatic rings. The Hall–Kier alpha value is -3.18. The predicted octanol–water partition coefficient (Wildman–Crippen LogP) is 4.80. The van der Waals surface area contributed by atoms with Crippen LogP contribution in [0.1, 0.15) is 10.4 Å². The molecule has 0 saturated heterocycles. The second-order valence-electron chi connectivity index (χ2n) is 6.66. The van der Waals surface area contributed by atoms with Crippen LogP contribution in [0.3, 0.4) is 0 Å². The zero-order valence-electron chi connectivity index (χ0n) is 15.7. The third-order valence-electron chi connectivity index (χ3n) is 4.60. The maximum Gasteiger partial charge on any atom is 0.227 e. The molecule has 0 radical (unpaired) electrons. The van der Waals surface area contributed by atoms with Crippen LogP contribution in [0.5, 0.6) is 0 Å². The molecule has 1 amide bonds. The Balaban J connectivity index is 1.63. The standard InChI is InChI=1S/C23H21N3OS/c1-25(22(27)15-21-13-8-14-28-21)16-19-17-26(20-11-6-3-7-12-20)24-23(19)18-9-4-2-5-10-18/h2-14,17H,15-16H2,1H3. The van der Waals surface area contributed by atoms with Crippen LogP contribution in [0, 0.1) is 0 Å². The number of likely N-dealkylation sites (N-methyl/N-ethyl adjacent to an activating group) is 1. The molecule has 28 heavy (non-hydrogen) atoms. The molecule has 4 rings (SSSR count). The van der Waals surface area contributed by atoms with Crippen LogP contribution in [-0.4, -0.2) is 27.6 Å². The van der Waals surface area contributed by atoms with Gasteiger partial charge >= 0.3 is 0 Å². The van der Waals surface area contributed by atoms with Gasteiger partial charge in [-0.1, -0.05) is 54.6 Å². The first kappa shape index (κ1) is 18.2. The fraction of sp³-hybridized carbons (Fsp3) is 0.130. The summed E-state index contributed by atoms with van der Waals surface area (Å²) in [5.74, 6) is 0.105. The van der Waals surface area contributed by atoms with Crippen LogP contribution in [0.25, 0.3) is 16.9 Å². The van der Waals surface area contributed by atoms with Gasteiger partial charge in [-0.2, -0.15) is 5.10 Å². The number of amides is 1. The van der Waals surface area contributed by atoms with Crippen molar-refractivity contribution >= 4 is 17.2 Å². The monoisotopic (exact) mass is 387 g/mol.